The van der Waals surface area contributed by atoms with E-state index in [0.717, 1.165) is 54.8 Å². The Bertz CT molecular complexity index is 1120. The van der Waals surface area contributed by atoms with Crippen molar-refractivity contribution in [3.8, 4) is 11.3 Å². The second-order valence-corrected chi connectivity index (χ2v) is 7.66. The van der Waals surface area contributed by atoms with E-state index in [1.807, 2.05) is 31.2 Å². The zero-order valence-electron chi connectivity index (χ0n) is 16.5. The number of aromatic nitrogens is 3. The van der Waals surface area contributed by atoms with Gasteiger partial charge in [-0.1, -0.05) is 0 Å². The Balaban J connectivity index is 1.55. The summed E-state index contributed by atoms with van der Waals surface area (Å²) in [5, 5.41) is 2.78. The maximum Gasteiger partial charge on any atom is 0.327 e. The van der Waals surface area contributed by atoms with Crippen LogP contribution in [0.5, 0.6) is 0 Å². The van der Waals surface area contributed by atoms with Gasteiger partial charge in [0.1, 0.15) is 5.82 Å². The van der Waals surface area contributed by atoms with Crippen LogP contribution in [0.1, 0.15) is 18.5 Å². The minimum absolute atomic E-state index is 0.00898. The highest BCUT2D eigenvalue weighted by Crippen LogP contribution is 2.39. The number of amides is 2. The van der Waals surface area contributed by atoms with Crippen molar-refractivity contribution in [3.05, 3.63) is 60.4 Å². The SMILES string of the molecule is Cc1cc(-c2ccc3c(n2)N(C(=O)Nc2cncc(F)c2)[C@H]2CCCN3C2)ccn1. The molecule has 0 radical (unpaired) electrons. The molecule has 3 aromatic rings. The van der Waals surface area contributed by atoms with Gasteiger partial charge in [-0.15, -0.1) is 0 Å². The number of nitrogens with one attached hydrogen (secondary N) is 1. The van der Waals surface area contributed by atoms with Crippen LogP contribution in [-0.4, -0.2) is 40.1 Å². The average molecular weight is 404 g/mol. The van der Waals surface area contributed by atoms with Crippen LogP contribution in [0.2, 0.25) is 0 Å². The van der Waals surface area contributed by atoms with Gasteiger partial charge in [-0.05, 0) is 44.0 Å². The van der Waals surface area contributed by atoms with Crippen molar-refractivity contribution in [2.45, 2.75) is 25.8 Å². The molecule has 0 aromatic carbocycles. The van der Waals surface area contributed by atoms with Crippen LogP contribution >= 0.6 is 0 Å². The Kier molecular flexibility index (Phi) is 4.54. The molecule has 2 bridgehead atoms. The number of halogens is 1. The van der Waals surface area contributed by atoms with Gasteiger partial charge in [-0.3, -0.25) is 14.9 Å². The lowest BCUT2D eigenvalue weighted by molar-refractivity contribution is 0.252. The normalized spacial score (nSPS) is 17.5. The molecule has 0 spiro atoms. The van der Waals surface area contributed by atoms with Gasteiger partial charge < -0.3 is 10.2 Å². The lowest BCUT2D eigenvalue weighted by Gasteiger charge is -2.45. The Hall–Kier alpha value is -3.55. The van der Waals surface area contributed by atoms with Crippen LogP contribution < -0.4 is 15.1 Å². The number of hydrogen-bond donors (Lipinski definition) is 1. The Labute approximate surface area is 173 Å². The van der Waals surface area contributed by atoms with Gasteiger partial charge >= 0.3 is 6.03 Å². The first kappa shape index (κ1) is 18.5. The number of fused-ring (bicyclic) bond motifs is 4. The van der Waals surface area contributed by atoms with Crippen LogP contribution in [0, 0.1) is 12.7 Å². The fraction of sp³-hybridized carbons (Fsp3) is 0.273. The van der Waals surface area contributed by atoms with Crippen molar-refractivity contribution in [3.63, 3.8) is 0 Å². The quantitative estimate of drug-likeness (QED) is 0.699. The number of nitrogens with zero attached hydrogens (tertiary/aromatic N) is 5. The molecule has 5 rings (SSSR count). The molecule has 2 amide bonds. The van der Waals surface area contributed by atoms with Crippen LogP contribution in [-0.2, 0) is 0 Å². The highest BCUT2D eigenvalue weighted by molar-refractivity contribution is 6.04. The molecule has 152 valence electrons. The molecule has 0 unspecified atom stereocenters. The van der Waals surface area contributed by atoms with E-state index >= 15 is 0 Å². The zero-order chi connectivity index (χ0) is 20.7. The number of hydrogen-bond acceptors (Lipinski definition) is 5. The predicted octanol–water partition coefficient (Wildman–Crippen LogP) is 4.01. The molecule has 30 heavy (non-hydrogen) atoms. The molecule has 3 aromatic heterocycles. The van der Waals surface area contributed by atoms with E-state index in [1.54, 1.807) is 11.1 Å². The van der Waals surface area contributed by atoms with Gasteiger partial charge in [-0.25, -0.2) is 14.2 Å². The maximum absolute atomic E-state index is 13.5. The van der Waals surface area contributed by atoms with Crippen LogP contribution in [0.4, 0.5) is 26.4 Å². The number of anilines is 3. The first-order valence-electron chi connectivity index (χ1n) is 9.98. The first-order chi connectivity index (χ1) is 14.6. The van der Waals surface area contributed by atoms with Crippen LogP contribution in [0.3, 0.4) is 0 Å². The van der Waals surface area contributed by atoms with E-state index in [4.69, 9.17) is 4.98 Å². The molecular weight excluding hydrogens is 383 g/mol. The van der Waals surface area contributed by atoms with Crippen molar-refractivity contribution < 1.29 is 9.18 Å². The topological polar surface area (TPSA) is 74.2 Å². The summed E-state index contributed by atoms with van der Waals surface area (Å²) >= 11 is 0. The zero-order valence-corrected chi connectivity index (χ0v) is 16.5. The predicted molar refractivity (Wildman–Crippen MR) is 113 cm³/mol. The molecule has 7 nitrogen and oxygen atoms in total. The molecule has 0 aliphatic carbocycles. The second kappa shape index (κ2) is 7.37. The van der Waals surface area contributed by atoms with E-state index in [9.17, 15) is 9.18 Å². The highest BCUT2D eigenvalue weighted by atomic mass is 19.1. The number of urea groups is 1. The van der Waals surface area contributed by atoms with E-state index < -0.39 is 5.82 Å². The van der Waals surface area contributed by atoms with Crippen molar-refractivity contribution >= 4 is 23.2 Å². The second-order valence-electron chi connectivity index (χ2n) is 7.66. The molecule has 2 aliphatic heterocycles. The Morgan fingerprint density at radius 1 is 1.23 bits per heavy atom. The summed E-state index contributed by atoms with van der Waals surface area (Å²) in [6.45, 7) is 3.64. The molecule has 1 fully saturated rings. The third kappa shape index (κ3) is 3.34. The summed E-state index contributed by atoms with van der Waals surface area (Å²) in [6, 6.07) is 8.83. The van der Waals surface area contributed by atoms with E-state index in [2.05, 4.69) is 20.2 Å². The van der Waals surface area contributed by atoms with Crippen LogP contribution in [0.25, 0.3) is 11.3 Å². The minimum Gasteiger partial charge on any atom is -0.366 e. The summed E-state index contributed by atoms with van der Waals surface area (Å²) in [5.74, 6) is 0.129. The van der Waals surface area contributed by atoms with Crippen LogP contribution in [0.15, 0.2) is 48.9 Å². The number of piperidine rings is 1. The minimum atomic E-state index is -0.496. The Morgan fingerprint density at radius 2 is 2.13 bits per heavy atom. The van der Waals surface area contributed by atoms with Crippen molar-refractivity contribution in [2.24, 2.45) is 0 Å². The molecule has 1 saturated heterocycles. The maximum atomic E-state index is 13.5. The first-order valence-corrected chi connectivity index (χ1v) is 9.98. The number of aryl methyl sites for hydroxylation is 1. The average Bonchev–Trinajstić information content (AvgIpc) is 2.74. The molecule has 2 aliphatic rings. The molecule has 8 heteroatoms. The fourth-order valence-corrected chi connectivity index (χ4v) is 4.21. The van der Waals surface area contributed by atoms with Gasteiger partial charge in [0.15, 0.2) is 5.82 Å². The van der Waals surface area contributed by atoms with E-state index in [0.29, 0.717) is 11.5 Å². The lowest BCUT2D eigenvalue weighted by Crippen LogP contribution is -2.56. The number of pyridine rings is 3. The smallest absolute Gasteiger partial charge is 0.327 e. The molecule has 1 N–H and O–H groups in total. The van der Waals surface area contributed by atoms with Gasteiger partial charge in [0.05, 0.1) is 35.5 Å². The van der Waals surface area contributed by atoms with Crippen molar-refractivity contribution in [1.82, 2.24) is 15.0 Å². The number of carbonyl (C=O) groups excluding carboxylic acids is 1. The summed E-state index contributed by atoms with van der Waals surface area (Å²) < 4.78 is 13.5. The number of carbonyl (C=O) groups is 1. The van der Waals surface area contributed by atoms with E-state index in [-0.39, 0.29) is 12.1 Å². The Morgan fingerprint density at radius 3 is 2.97 bits per heavy atom. The molecule has 1 atom stereocenters. The van der Waals surface area contributed by atoms with E-state index in [1.165, 1.54) is 12.3 Å². The third-order valence-corrected chi connectivity index (χ3v) is 5.55. The summed E-state index contributed by atoms with van der Waals surface area (Å²) in [4.78, 5) is 30.2. The summed E-state index contributed by atoms with van der Waals surface area (Å²) in [7, 11) is 0. The lowest BCUT2D eigenvalue weighted by atomic mass is 9.99. The van der Waals surface area contributed by atoms with Gasteiger partial charge in [0.25, 0.3) is 0 Å². The van der Waals surface area contributed by atoms with Crippen molar-refractivity contribution in [1.29, 1.82) is 0 Å². The standard InChI is InChI=1S/C22H21FN6O/c1-14-9-15(6-7-25-14)19-4-5-20-21(27-19)29(18-3-2-8-28(20)13-18)22(30)26-17-10-16(23)11-24-12-17/h4-7,9-12,18H,2-3,8,13H2,1H3,(H,26,30)/t18-/m0/s1. The monoisotopic (exact) mass is 404 g/mol. The fourth-order valence-electron chi connectivity index (χ4n) is 4.21. The van der Waals surface area contributed by atoms with Gasteiger partial charge in [-0.2, -0.15) is 0 Å². The number of rotatable bonds is 2. The highest BCUT2D eigenvalue weighted by Gasteiger charge is 2.38. The largest absolute Gasteiger partial charge is 0.366 e. The molecule has 5 heterocycles. The van der Waals surface area contributed by atoms with Crippen molar-refractivity contribution in [2.75, 3.05) is 28.2 Å². The summed E-state index contributed by atoms with van der Waals surface area (Å²) in [6.07, 6.45) is 6.19. The van der Waals surface area contributed by atoms with Gasteiger partial charge in [0.2, 0.25) is 0 Å². The molecular formula is C22H21FN6O. The van der Waals surface area contributed by atoms with Gasteiger partial charge in [0, 0.05) is 36.6 Å². The third-order valence-electron chi connectivity index (χ3n) is 5.55. The summed E-state index contributed by atoms with van der Waals surface area (Å²) in [5.41, 5.74) is 3.89. The molecule has 0 saturated carbocycles.